The first-order chi connectivity index (χ1) is 32.4. The quantitative estimate of drug-likeness (QED) is 0.153. The van der Waals surface area contributed by atoms with Gasteiger partial charge in [0.2, 0.25) is 0 Å². The van der Waals surface area contributed by atoms with E-state index in [-0.39, 0.29) is 39.3 Å². The lowest BCUT2D eigenvalue weighted by molar-refractivity contribution is 0.332. The number of nitrogens with zero attached hydrogens (tertiary/aromatic N) is 2. The van der Waals surface area contributed by atoms with Gasteiger partial charge in [0.1, 0.15) is 11.2 Å². The summed E-state index contributed by atoms with van der Waals surface area (Å²) < 4.78 is 9.89. The van der Waals surface area contributed by atoms with Crippen molar-refractivity contribution < 1.29 is 4.42 Å². The molecule has 0 fully saturated rings. The average Bonchev–Trinajstić information content (AvgIpc) is 3.90. The van der Waals surface area contributed by atoms with Gasteiger partial charge in [-0.3, -0.25) is 0 Å². The smallest absolute Gasteiger partial charge is 0.333 e. The Balaban J connectivity index is 1.26. The average molecular weight is 903 g/mol. The summed E-state index contributed by atoms with van der Waals surface area (Å²) in [5, 5.41) is 5.14. The first-order valence-electron chi connectivity index (χ1n) is 25.8. The highest BCUT2D eigenvalue weighted by molar-refractivity contribution is 6.94. The van der Waals surface area contributed by atoms with Gasteiger partial charge < -0.3 is 13.8 Å². The molecule has 0 bridgehead atoms. The van der Waals surface area contributed by atoms with E-state index in [9.17, 15) is 0 Å². The number of hydrogen-bond acceptors (Lipinski definition) is 2. The summed E-state index contributed by atoms with van der Waals surface area (Å²) in [6.07, 6.45) is 2.33. The largest absolute Gasteiger partial charge is 0.456 e. The lowest BCUT2D eigenvalue weighted by atomic mass is 9.43. The number of furan rings is 1. The molecule has 3 nitrogen and oxygen atoms in total. The van der Waals surface area contributed by atoms with Gasteiger partial charge in [-0.05, 0) is 161 Å². The fourth-order valence-corrected chi connectivity index (χ4v) is 13.5. The Labute approximate surface area is 410 Å². The van der Waals surface area contributed by atoms with Crippen molar-refractivity contribution in [1.29, 1.82) is 0 Å². The molecule has 7 aromatic carbocycles. The maximum atomic E-state index is 7.22. The van der Waals surface area contributed by atoms with Crippen LogP contribution in [0.5, 0.6) is 0 Å². The van der Waals surface area contributed by atoms with E-state index < -0.39 is 0 Å². The van der Waals surface area contributed by atoms with E-state index in [0.29, 0.717) is 0 Å². The van der Waals surface area contributed by atoms with Crippen LogP contribution in [0.4, 0.5) is 11.4 Å². The van der Waals surface area contributed by atoms with E-state index in [2.05, 4.69) is 222 Å². The van der Waals surface area contributed by atoms with Gasteiger partial charge in [-0.15, -0.1) is 0 Å². The number of rotatable bonds is 1. The van der Waals surface area contributed by atoms with Crippen LogP contribution >= 0.6 is 0 Å². The Morgan fingerprint density at radius 3 is 1.80 bits per heavy atom. The zero-order valence-electron chi connectivity index (χ0n) is 43.7. The van der Waals surface area contributed by atoms with Gasteiger partial charge >= 0.3 is 6.85 Å². The first-order valence-corrected chi connectivity index (χ1v) is 25.8. The molecule has 2 aromatic heterocycles. The molecule has 0 atom stereocenters. The molecular weight excluding hydrogens is 836 g/mol. The second kappa shape index (κ2) is 13.2. The van der Waals surface area contributed by atoms with Crippen molar-refractivity contribution in [2.45, 2.75) is 149 Å². The van der Waals surface area contributed by atoms with Gasteiger partial charge in [0.05, 0.1) is 11.0 Å². The van der Waals surface area contributed by atoms with Gasteiger partial charge in [-0.2, -0.15) is 0 Å². The third-order valence-electron chi connectivity index (χ3n) is 17.7. The molecule has 2 aliphatic carbocycles. The summed E-state index contributed by atoms with van der Waals surface area (Å²) in [5.74, 6) is 0. The van der Waals surface area contributed by atoms with Gasteiger partial charge in [0.25, 0.3) is 0 Å². The number of hydrogen-bond donors (Lipinski definition) is 0. The first kappa shape index (κ1) is 43.1. The Morgan fingerprint density at radius 1 is 0.522 bits per heavy atom. The molecule has 0 unspecified atom stereocenters. The molecule has 0 saturated heterocycles. The number of aromatic nitrogens is 1. The summed E-state index contributed by atoms with van der Waals surface area (Å²) in [5.41, 5.74) is 26.0. The Morgan fingerprint density at radius 2 is 1.12 bits per heavy atom. The van der Waals surface area contributed by atoms with Crippen LogP contribution in [0.3, 0.4) is 0 Å². The predicted molar refractivity (Wildman–Crippen MR) is 296 cm³/mol. The molecule has 346 valence electrons. The number of benzene rings is 7. The summed E-state index contributed by atoms with van der Waals surface area (Å²) in [4.78, 5) is 2.73. The van der Waals surface area contributed by atoms with Crippen molar-refractivity contribution in [3.05, 3.63) is 148 Å². The van der Waals surface area contributed by atoms with Crippen molar-refractivity contribution >= 4 is 72.9 Å². The van der Waals surface area contributed by atoms with E-state index in [4.69, 9.17) is 4.42 Å². The van der Waals surface area contributed by atoms with Crippen LogP contribution in [-0.4, -0.2) is 11.4 Å². The van der Waals surface area contributed by atoms with Crippen molar-refractivity contribution in [1.82, 2.24) is 4.57 Å². The lowest BCUT2D eigenvalue weighted by Gasteiger charge is -2.43. The molecule has 0 amide bonds. The highest BCUT2D eigenvalue weighted by Crippen LogP contribution is 2.60. The fourth-order valence-electron chi connectivity index (χ4n) is 13.5. The van der Waals surface area contributed by atoms with Crippen LogP contribution in [-0.2, 0) is 32.5 Å². The molecule has 2 aliphatic heterocycles. The van der Waals surface area contributed by atoms with Gasteiger partial charge in [0, 0.05) is 49.6 Å². The summed E-state index contributed by atoms with van der Waals surface area (Å²) >= 11 is 0. The molecule has 0 spiro atoms. The molecule has 4 heterocycles. The molecule has 0 saturated carbocycles. The van der Waals surface area contributed by atoms with Crippen LogP contribution in [0.1, 0.15) is 156 Å². The maximum Gasteiger partial charge on any atom is 0.333 e. The van der Waals surface area contributed by atoms with Crippen LogP contribution < -0.4 is 15.7 Å². The topological polar surface area (TPSA) is 21.3 Å². The summed E-state index contributed by atoms with van der Waals surface area (Å²) in [6.45, 7) is 35.7. The highest BCUT2D eigenvalue weighted by Gasteiger charge is 2.50. The van der Waals surface area contributed by atoms with Crippen LogP contribution in [0.25, 0.3) is 71.7 Å². The third kappa shape index (κ3) is 5.69. The zero-order valence-corrected chi connectivity index (χ0v) is 43.7. The molecule has 69 heavy (non-hydrogen) atoms. The van der Waals surface area contributed by atoms with Crippen molar-refractivity contribution in [3.63, 3.8) is 0 Å². The molecule has 0 N–H and O–H groups in total. The predicted octanol–water partition coefficient (Wildman–Crippen LogP) is 16.5. The molecule has 9 aromatic rings. The highest BCUT2D eigenvalue weighted by atomic mass is 16.3. The number of fused-ring (bicyclic) bond motifs is 17. The summed E-state index contributed by atoms with van der Waals surface area (Å²) in [6, 6.07) is 43.6. The van der Waals surface area contributed by atoms with E-state index in [0.717, 1.165) is 17.6 Å². The van der Waals surface area contributed by atoms with Crippen molar-refractivity contribution in [2.75, 3.05) is 4.81 Å². The number of anilines is 2. The van der Waals surface area contributed by atoms with Crippen LogP contribution in [0.15, 0.2) is 114 Å². The SMILES string of the molecule is CC(C)(C)c1ccc(N2B3c4cc(C(C)(C)C)ccc4-n4c5ccc(C(C)(C)C)cc5c5c6c(c(c3c54)-c3cc4oc5cc7c(cc5c4cc32)C(C)(C)CCC7(C)C)-c2ccccc2C6(C)C)cc1. The zero-order chi connectivity index (χ0) is 48.4. The van der Waals surface area contributed by atoms with Crippen LogP contribution in [0.2, 0.25) is 0 Å². The van der Waals surface area contributed by atoms with Gasteiger partial charge in [-0.25, -0.2) is 0 Å². The maximum absolute atomic E-state index is 7.22. The van der Waals surface area contributed by atoms with Gasteiger partial charge in [-0.1, -0.05) is 158 Å². The minimum atomic E-state index is -0.258. The molecule has 0 radical (unpaired) electrons. The fraction of sp³-hybridized carbons (Fsp3) is 0.354. The molecule has 4 aliphatic rings. The van der Waals surface area contributed by atoms with E-state index in [1.807, 2.05) is 0 Å². The molecular formula is C65H67BN2O. The second-order valence-electron chi connectivity index (χ2n) is 26.5. The minimum Gasteiger partial charge on any atom is -0.456 e. The monoisotopic (exact) mass is 903 g/mol. The summed E-state index contributed by atoms with van der Waals surface area (Å²) in [7, 11) is 0. The lowest BCUT2D eigenvalue weighted by Crippen LogP contribution is -2.61. The third-order valence-corrected chi connectivity index (χ3v) is 17.7. The Kier molecular flexibility index (Phi) is 8.26. The normalized spacial score (nSPS) is 17.4. The minimum absolute atomic E-state index is 0.0155. The van der Waals surface area contributed by atoms with Gasteiger partial charge in [0.15, 0.2) is 0 Å². The standard InChI is InChI=1S/C65H67BN2O/c1-60(2,3)36-20-24-39(25-21-36)68-51-33-42-41-32-46-47(64(12,13)29-28-63(46,10)11)35-53(41)69-52(42)34-44(51)55-54-40-18-16-17-19-45(40)65(14,15)57(54)56-43-30-37(61(4,5)6)22-26-49(43)67-50-27-23-38(62(7,8)9)31-48(50)66(68)58(55)59(56)67/h16-27,30-35H,28-29H2,1-15H3. The second-order valence-corrected chi connectivity index (χ2v) is 26.5. The molecule has 13 rings (SSSR count). The van der Waals surface area contributed by atoms with Crippen molar-refractivity contribution in [2.24, 2.45) is 0 Å². The Hall–Kier alpha value is -6.00. The Bertz CT molecular complexity index is 3750. The van der Waals surface area contributed by atoms with Crippen LogP contribution in [0, 0.1) is 0 Å². The van der Waals surface area contributed by atoms with E-state index in [1.165, 1.54) is 128 Å². The van der Waals surface area contributed by atoms with E-state index >= 15 is 0 Å². The van der Waals surface area contributed by atoms with Crippen molar-refractivity contribution in [3.8, 4) is 27.9 Å². The van der Waals surface area contributed by atoms with E-state index in [1.54, 1.807) is 0 Å². The molecule has 4 heteroatoms.